The second kappa shape index (κ2) is 6.55. The lowest BCUT2D eigenvalue weighted by Gasteiger charge is -2.01. The van der Waals surface area contributed by atoms with Gasteiger partial charge in [-0.3, -0.25) is 5.41 Å². The summed E-state index contributed by atoms with van der Waals surface area (Å²) in [4.78, 5) is 0. The SMILES string of the molecule is CC(=N)NCCCCCN. The van der Waals surface area contributed by atoms with E-state index in [1.165, 1.54) is 0 Å². The van der Waals surface area contributed by atoms with Crippen molar-refractivity contribution in [3.63, 3.8) is 0 Å². The average molecular weight is 143 g/mol. The van der Waals surface area contributed by atoms with Crippen molar-refractivity contribution in [3.05, 3.63) is 0 Å². The van der Waals surface area contributed by atoms with Crippen LogP contribution < -0.4 is 11.1 Å². The molecule has 0 saturated heterocycles. The fraction of sp³-hybridized carbons (Fsp3) is 0.857. The van der Waals surface area contributed by atoms with Gasteiger partial charge in [-0.1, -0.05) is 6.42 Å². The van der Waals surface area contributed by atoms with E-state index in [1.807, 2.05) is 0 Å². The van der Waals surface area contributed by atoms with Gasteiger partial charge in [-0.2, -0.15) is 0 Å². The molecule has 0 saturated carbocycles. The first-order chi connectivity index (χ1) is 4.77. The number of hydrogen-bond acceptors (Lipinski definition) is 2. The molecule has 0 bridgehead atoms. The molecule has 0 rings (SSSR count). The highest BCUT2D eigenvalue weighted by atomic mass is 14.9. The first kappa shape index (κ1) is 9.43. The Bertz CT molecular complexity index is 90.9. The molecule has 0 aliphatic heterocycles. The molecule has 0 aliphatic rings. The van der Waals surface area contributed by atoms with E-state index in [4.69, 9.17) is 11.1 Å². The molecule has 3 heteroatoms. The minimum atomic E-state index is 0.549. The molecule has 0 aliphatic carbocycles. The van der Waals surface area contributed by atoms with Crippen molar-refractivity contribution >= 4 is 5.84 Å². The number of nitrogens with two attached hydrogens (primary N) is 1. The zero-order valence-electron chi connectivity index (χ0n) is 6.61. The maximum atomic E-state index is 7.04. The molecule has 0 unspecified atom stereocenters. The van der Waals surface area contributed by atoms with Crippen molar-refractivity contribution < 1.29 is 0 Å². The van der Waals surface area contributed by atoms with Gasteiger partial charge in [-0.15, -0.1) is 0 Å². The standard InChI is InChI=1S/C7H17N3/c1-7(9)10-6-4-2-3-5-8/h2-6,8H2,1H3,(H2,9,10). The van der Waals surface area contributed by atoms with Crippen molar-refractivity contribution in [2.75, 3.05) is 13.1 Å². The quantitative estimate of drug-likeness (QED) is 0.301. The van der Waals surface area contributed by atoms with Crippen LogP contribution in [0.3, 0.4) is 0 Å². The molecule has 0 radical (unpaired) electrons. The summed E-state index contributed by atoms with van der Waals surface area (Å²) in [6.45, 7) is 3.45. The van der Waals surface area contributed by atoms with Gasteiger partial charge in [-0.05, 0) is 26.3 Å². The van der Waals surface area contributed by atoms with Gasteiger partial charge in [-0.25, -0.2) is 0 Å². The normalized spacial score (nSPS) is 9.40. The Kier molecular flexibility index (Phi) is 6.18. The largest absolute Gasteiger partial charge is 0.374 e. The van der Waals surface area contributed by atoms with Gasteiger partial charge < -0.3 is 11.1 Å². The summed E-state index contributed by atoms with van der Waals surface area (Å²) in [5.74, 6) is 0.549. The van der Waals surface area contributed by atoms with E-state index in [2.05, 4.69) is 5.32 Å². The number of amidine groups is 1. The number of nitrogens with one attached hydrogen (secondary N) is 2. The Morgan fingerprint density at radius 2 is 2.10 bits per heavy atom. The summed E-state index contributed by atoms with van der Waals surface area (Å²) >= 11 is 0. The van der Waals surface area contributed by atoms with Gasteiger partial charge in [0.25, 0.3) is 0 Å². The fourth-order valence-electron chi connectivity index (χ4n) is 0.722. The second-order valence-corrected chi connectivity index (χ2v) is 2.40. The third-order valence-corrected chi connectivity index (χ3v) is 1.27. The summed E-state index contributed by atoms with van der Waals surface area (Å²) in [6, 6.07) is 0. The van der Waals surface area contributed by atoms with Crippen molar-refractivity contribution in [3.8, 4) is 0 Å². The molecule has 0 amide bonds. The highest BCUT2D eigenvalue weighted by Gasteiger charge is 1.87. The molecular formula is C7H17N3. The van der Waals surface area contributed by atoms with Gasteiger partial charge in [0, 0.05) is 6.54 Å². The predicted octanol–water partition coefficient (Wildman–Crippen LogP) is 0.702. The smallest absolute Gasteiger partial charge is 0.0899 e. The van der Waals surface area contributed by atoms with E-state index in [0.717, 1.165) is 32.4 Å². The minimum Gasteiger partial charge on any atom is -0.374 e. The maximum Gasteiger partial charge on any atom is 0.0899 e. The monoisotopic (exact) mass is 143 g/mol. The van der Waals surface area contributed by atoms with Crippen LogP contribution >= 0.6 is 0 Å². The van der Waals surface area contributed by atoms with E-state index in [-0.39, 0.29) is 0 Å². The molecule has 0 atom stereocenters. The van der Waals surface area contributed by atoms with E-state index >= 15 is 0 Å². The molecule has 0 aromatic heterocycles. The van der Waals surface area contributed by atoms with Crippen molar-refractivity contribution in [2.24, 2.45) is 5.73 Å². The number of rotatable bonds is 5. The van der Waals surface area contributed by atoms with Gasteiger partial charge >= 0.3 is 0 Å². The van der Waals surface area contributed by atoms with Gasteiger partial charge in [0.2, 0.25) is 0 Å². The van der Waals surface area contributed by atoms with Gasteiger partial charge in [0.05, 0.1) is 5.84 Å². The summed E-state index contributed by atoms with van der Waals surface area (Å²) in [5.41, 5.74) is 5.31. The zero-order valence-corrected chi connectivity index (χ0v) is 6.61. The highest BCUT2D eigenvalue weighted by Crippen LogP contribution is 1.90. The highest BCUT2D eigenvalue weighted by molar-refractivity contribution is 5.75. The first-order valence-corrected chi connectivity index (χ1v) is 3.76. The Labute approximate surface area is 62.5 Å². The molecular weight excluding hydrogens is 126 g/mol. The first-order valence-electron chi connectivity index (χ1n) is 3.76. The third kappa shape index (κ3) is 7.43. The minimum absolute atomic E-state index is 0.549. The van der Waals surface area contributed by atoms with Crippen LogP contribution in [0, 0.1) is 5.41 Å². The topological polar surface area (TPSA) is 61.9 Å². The summed E-state index contributed by atoms with van der Waals surface area (Å²) in [7, 11) is 0. The maximum absolute atomic E-state index is 7.04. The fourth-order valence-corrected chi connectivity index (χ4v) is 0.722. The molecule has 0 aromatic carbocycles. The zero-order chi connectivity index (χ0) is 7.82. The van der Waals surface area contributed by atoms with Crippen LogP contribution in [0.25, 0.3) is 0 Å². The van der Waals surface area contributed by atoms with Crippen molar-refractivity contribution in [1.29, 1.82) is 5.41 Å². The Morgan fingerprint density at radius 3 is 2.60 bits per heavy atom. The molecule has 4 N–H and O–H groups in total. The van der Waals surface area contributed by atoms with E-state index in [9.17, 15) is 0 Å². The lowest BCUT2D eigenvalue weighted by Crippen LogP contribution is -2.20. The molecule has 0 spiro atoms. The lowest BCUT2D eigenvalue weighted by atomic mass is 10.2. The van der Waals surface area contributed by atoms with Crippen LogP contribution in [-0.4, -0.2) is 18.9 Å². The lowest BCUT2D eigenvalue weighted by molar-refractivity contribution is 0.669. The van der Waals surface area contributed by atoms with Crippen LogP contribution in [-0.2, 0) is 0 Å². The molecule has 0 aromatic rings. The summed E-state index contributed by atoms with van der Waals surface area (Å²) < 4.78 is 0. The van der Waals surface area contributed by atoms with Crippen LogP contribution in [0.2, 0.25) is 0 Å². The average Bonchev–Trinajstić information content (AvgIpc) is 1.87. The van der Waals surface area contributed by atoms with Crippen LogP contribution in [0.15, 0.2) is 0 Å². The second-order valence-electron chi connectivity index (χ2n) is 2.40. The third-order valence-electron chi connectivity index (χ3n) is 1.27. The van der Waals surface area contributed by atoms with Gasteiger partial charge in [0.15, 0.2) is 0 Å². The van der Waals surface area contributed by atoms with Crippen molar-refractivity contribution in [1.82, 2.24) is 5.32 Å². The number of hydrogen-bond donors (Lipinski definition) is 3. The summed E-state index contributed by atoms with van der Waals surface area (Å²) in [6.07, 6.45) is 3.38. The molecule has 0 fully saturated rings. The molecule has 0 heterocycles. The molecule has 3 nitrogen and oxygen atoms in total. The Morgan fingerprint density at radius 1 is 1.40 bits per heavy atom. The van der Waals surface area contributed by atoms with Crippen LogP contribution in [0.5, 0.6) is 0 Å². The van der Waals surface area contributed by atoms with Crippen LogP contribution in [0.4, 0.5) is 0 Å². The Balaban J connectivity index is 2.84. The predicted molar refractivity (Wildman–Crippen MR) is 44.3 cm³/mol. The van der Waals surface area contributed by atoms with E-state index < -0.39 is 0 Å². The van der Waals surface area contributed by atoms with E-state index in [1.54, 1.807) is 6.92 Å². The van der Waals surface area contributed by atoms with Crippen molar-refractivity contribution in [2.45, 2.75) is 26.2 Å². The number of unbranched alkanes of at least 4 members (excludes halogenated alkanes) is 2. The molecule has 60 valence electrons. The van der Waals surface area contributed by atoms with Crippen LogP contribution in [0.1, 0.15) is 26.2 Å². The molecule has 10 heavy (non-hydrogen) atoms. The van der Waals surface area contributed by atoms with Gasteiger partial charge in [0.1, 0.15) is 0 Å². The Hall–Kier alpha value is -0.570. The van der Waals surface area contributed by atoms with E-state index in [0.29, 0.717) is 5.84 Å². The summed E-state index contributed by atoms with van der Waals surface area (Å²) in [5, 5.41) is 9.99.